The number of anilines is 1. The second-order valence-corrected chi connectivity index (χ2v) is 5.11. The zero-order valence-electron chi connectivity index (χ0n) is 12.7. The second-order valence-electron chi connectivity index (χ2n) is 5.11. The Morgan fingerprint density at radius 1 is 1.25 bits per heavy atom. The predicted octanol–water partition coefficient (Wildman–Crippen LogP) is 3.81. The lowest BCUT2D eigenvalue weighted by molar-refractivity contribution is -0.385. The minimum Gasteiger partial charge on any atom is -0.444 e. The highest BCUT2D eigenvalue weighted by Gasteiger charge is 2.18. The van der Waals surface area contributed by atoms with Crippen molar-refractivity contribution in [2.24, 2.45) is 0 Å². The van der Waals surface area contributed by atoms with Crippen molar-refractivity contribution in [3.63, 3.8) is 0 Å². The number of nitrogens with zero attached hydrogens (tertiary/aromatic N) is 2. The van der Waals surface area contributed by atoms with Gasteiger partial charge in [0.2, 0.25) is 0 Å². The number of carbonyl (C=O) groups excluding carboxylic acids is 1. The van der Waals surface area contributed by atoms with Crippen LogP contribution in [0.1, 0.15) is 15.9 Å². The molecular formula is C17H13N3O4. The summed E-state index contributed by atoms with van der Waals surface area (Å²) >= 11 is 0. The topological polar surface area (TPSA) is 98.3 Å². The van der Waals surface area contributed by atoms with Gasteiger partial charge in [0.1, 0.15) is 0 Å². The fraction of sp³-hybridized carbons (Fsp3) is 0.0588. The molecule has 0 radical (unpaired) electrons. The minimum atomic E-state index is -0.503. The number of rotatable bonds is 4. The summed E-state index contributed by atoms with van der Waals surface area (Å²) in [5.41, 5.74) is 1.82. The van der Waals surface area contributed by atoms with E-state index in [2.05, 4.69) is 10.3 Å². The molecule has 3 rings (SSSR count). The van der Waals surface area contributed by atoms with E-state index in [9.17, 15) is 14.9 Å². The van der Waals surface area contributed by atoms with E-state index < -0.39 is 10.8 Å². The highest BCUT2D eigenvalue weighted by Crippen LogP contribution is 2.24. The highest BCUT2D eigenvalue weighted by molar-refractivity contribution is 6.06. The van der Waals surface area contributed by atoms with E-state index in [0.29, 0.717) is 17.0 Å². The zero-order valence-corrected chi connectivity index (χ0v) is 12.7. The zero-order chi connectivity index (χ0) is 17.1. The number of hydrogen-bond donors (Lipinski definition) is 1. The summed E-state index contributed by atoms with van der Waals surface area (Å²) in [4.78, 5) is 26.8. The maximum Gasteiger partial charge on any atom is 0.273 e. The van der Waals surface area contributed by atoms with Crippen LogP contribution in [0.15, 0.2) is 59.5 Å². The molecule has 1 heterocycles. The molecule has 0 saturated carbocycles. The van der Waals surface area contributed by atoms with Gasteiger partial charge in [-0.1, -0.05) is 18.2 Å². The average Bonchev–Trinajstić information content (AvgIpc) is 3.09. The summed E-state index contributed by atoms with van der Waals surface area (Å²) in [6, 6.07) is 11.5. The lowest BCUT2D eigenvalue weighted by atomic mass is 10.1. The van der Waals surface area contributed by atoms with E-state index in [0.717, 1.165) is 5.56 Å². The van der Waals surface area contributed by atoms with Crippen molar-refractivity contribution in [2.75, 3.05) is 5.32 Å². The van der Waals surface area contributed by atoms with E-state index >= 15 is 0 Å². The molecule has 2 aromatic carbocycles. The molecule has 0 aliphatic heterocycles. The molecule has 24 heavy (non-hydrogen) atoms. The SMILES string of the molecule is Cc1c(C(=O)Nc2cccc(-c3cnco3)c2)cccc1[N+](=O)[O-]. The molecule has 1 aromatic heterocycles. The number of nitro benzene ring substituents is 1. The van der Waals surface area contributed by atoms with Gasteiger partial charge in [-0.15, -0.1) is 0 Å². The molecule has 0 spiro atoms. The summed E-state index contributed by atoms with van der Waals surface area (Å²) in [6.07, 6.45) is 2.90. The Hall–Kier alpha value is -3.48. The Morgan fingerprint density at radius 3 is 2.75 bits per heavy atom. The monoisotopic (exact) mass is 323 g/mol. The number of benzene rings is 2. The fourth-order valence-corrected chi connectivity index (χ4v) is 2.37. The molecule has 0 saturated heterocycles. The third kappa shape index (κ3) is 3.00. The quantitative estimate of drug-likeness (QED) is 0.581. The van der Waals surface area contributed by atoms with Crippen molar-refractivity contribution in [1.29, 1.82) is 0 Å². The molecule has 0 atom stereocenters. The Morgan fingerprint density at radius 2 is 2.04 bits per heavy atom. The van der Waals surface area contributed by atoms with Crippen LogP contribution in [-0.2, 0) is 0 Å². The number of nitro groups is 1. The first-order valence-electron chi connectivity index (χ1n) is 7.10. The number of carbonyl (C=O) groups is 1. The summed E-state index contributed by atoms with van der Waals surface area (Å²) in [5.74, 6) is 0.170. The fourth-order valence-electron chi connectivity index (χ4n) is 2.37. The molecule has 3 aromatic rings. The van der Waals surface area contributed by atoms with Crippen LogP contribution in [0, 0.1) is 17.0 Å². The van der Waals surface area contributed by atoms with E-state index in [1.54, 1.807) is 37.4 Å². The standard InChI is InChI=1S/C17H13N3O4/c1-11-14(6-3-7-15(11)20(22)23)17(21)19-13-5-2-4-12(8-13)16-9-18-10-24-16/h2-10H,1H3,(H,19,21). The Balaban J connectivity index is 1.87. The molecule has 0 aliphatic carbocycles. The van der Waals surface area contributed by atoms with Crippen LogP contribution < -0.4 is 5.32 Å². The van der Waals surface area contributed by atoms with Crippen LogP contribution >= 0.6 is 0 Å². The predicted molar refractivity (Wildman–Crippen MR) is 87.7 cm³/mol. The van der Waals surface area contributed by atoms with Gasteiger partial charge in [0.05, 0.1) is 11.1 Å². The molecular weight excluding hydrogens is 310 g/mol. The molecule has 7 heteroatoms. The summed E-state index contributed by atoms with van der Waals surface area (Å²) in [5, 5.41) is 13.7. The van der Waals surface area contributed by atoms with Gasteiger partial charge in [-0.05, 0) is 25.1 Å². The van der Waals surface area contributed by atoms with Gasteiger partial charge in [0.25, 0.3) is 11.6 Å². The van der Waals surface area contributed by atoms with Crippen LogP contribution in [0.5, 0.6) is 0 Å². The van der Waals surface area contributed by atoms with Crippen molar-refractivity contribution in [2.45, 2.75) is 6.92 Å². The van der Waals surface area contributed by atoms with E-state index in [4.69, 9.17) is 4.42 Å². The minimum absolute atomic E-state index is 0.0851. The number of amides is 1. The maximum atomic E-state index is 12.4. The lowest BCUT2D eigenvalue weighted by Gasteiger charge is -2.09. The first-order chi connectivity index (χ1) is 11.6. The number of oxazole rings is 1. The van der Waals surface area contributed by atoms with E-state index in [1.807, 2.05) is 6.07 Å². The first-order valence-corrected chi connectivity index (χ1v) is 7.10. The molecule has 0 bridgehead atoms. The third-order valence-corrected chi connectivity index (χ3v) is 3.58. The first kappa shape index (κ1) is 15.4. The van der Waals surface area contributed by atoms with Crippen molar-refractivity contribution in [3.05, 3.63) is 76.3 Å². The number of hydrogen-bond acceptors (Lipinski definition) is 5. The van der Waals surface area contributed by atoms with Gasteiger partial charge in [-0.25, -0.2) is 4.98 Å². The van der Waals surface area contributed by atoms with Crippen LogP contribution in [0.3, 0.4) is 0 Å². The van der Waals surface area contributed by atoms with Crippen LogP contribution in [0.25, 0.3) is 11.3 Å². The van der Waals surface area contributed by atoms with Gasteiger partial charge >= 0.3 is 0 Å². The van der Waals surface area contributed by atoms with Gasteiger partial charge in [0.15, 0.2) is 12.2 Å². The van der Waals surface area contributed by atoms with Gasteiger partial charge in [0, 0.05) is 28.4 Å². The normalized spacial score (nSPS) is 10.4. The van der Waals surface area contributed by atoms with Crippen LogP contribution in [0.2, 0.25) is 0 Å². The van der Waals surface area contributed by atoms with Crippen molar-refractivity contribution < 1.29 is 14.1 Å². The van der Waals surface area contributed by atoms with Crippen molar-refractivity contribution in [1.82, 2.24) is 4.98 Å². The van der Waals surface area contributed by atoms with Gasteiger partial charge in [-0.3, -0.25) is 14.9 Å². The Kier molecular flexibility index (Phi) is 4.07. The van der Waals surface area contributed by atoms with Gasteiger partial charge < -0.3 is 9.73 Å². The van der Waals surface area contributed by atoms with Crippen LogP contribution in [-0.4, -0.2) is 15.8 Å². The van der Waals surface area contributed by atoms with E-state index in [1.165, 1.54) is 18.5 Å². The second kappa shape index (κ2) is 6.33. The van der Waals surface area contributed by atoms with Crippen molar-refractivity contribution >= 4 is 17.3 Å². The molecule has 1 amide bonds. The number of aromatic nitrogens is 1. The molecule has 1 N–H and O–H groups in total. The van der Waals surface area contributed by atoms with E-state index in [-0.39, 0.29) is 11.3 Å². The third-order valence-electron chi connectivity index (χ3n) is 3.58. The van der Waals surface area contributed by atoms with Crippen LogP contribution in [0.4, 0.5) is 11.4 Å². The largest absolute Gasteiger partial charge is 0.444 e. The Labute approximate surface area is 137 Å². The molecule has 120 valence electrons. The summed E-state index contributed by atoms with van der Waals surface area (Å²) in [7, 11) is 0. The summed E-state index contributed by atoms with van der Waals surface area (Å²) in [6.45, 7) is 1.55. The molecule has 0 unspecified atom stereocenters. The smallest absolute Gasteiger partial charge is 0.273 e. The molecule has 0 fully saturated rings. The highest BCUT2D eigenvalue weighted by atomic mass is 16.6. The Bertz CT molecular complexity index is 904. The molecule has 0 aliphatic rings. The van der Waals surface area contributed by atoms with Gasteiger partial charge in [-0.2, -0.15) is 0 Å². The molecule has 7 nitrogen and oxygen atoms in total. The summed E-state index contributed by atoms with van der Waals surface area (Å²) < 4.78 is 5.23. The maximum absolute atomic E-state index is 12.4. The van der Waals surface area contributed by atoms with Crippen molar-refractivity contribution in [3.8, 4) is 11.3 Å². The lowest BCUT2D eigenvalue weighted by Crippen LogP contribution is -2.14. The average molecular weight is 323 g/mol. The number of nitrogens with one attached hydrogen (secondary N) is 1.